The minimum Gasteiger partial charge on any atom is -0.307 e. The van der Waals surface area contributed by atoms with Crippen LogP contribution in [0.25, 0.3) is 0 Å². The van der Waals surface area contributed by atoms with Gasteiger partial charge >= 0.3 is 0 Å². The van der Waals surface area contributed by atoms with Gasteiger partial charge in [-0.15, -0.1) is 0 Å². The third kappa shape index (κ3) is 4.65. The molecule has 0 bridgehead atoms. The lowest BCUT2D eigenvalue weighted by molar-refractivity contribution is 0.275. The van der Waals surface area contributed by atoms with Crippen LogP contribution in [-0.2, 0) is 0 Å². The van der Waals surface area contributed by atoms with Gasteiger partial charge in [-0.05, 0) is 24.3 Å². The summed E-state index contributed by atoms with van der Waals surface area (Å²) in [6.07, 6.45) is 3.70. The fraction of sp³-hybridized carbons (Fsp3) is 0.667. The Labute approximate surface area is 119 Å². The highest BCUT2D eigenvalue weighted by atomic mass is 15.0. The molecule has 3 atom stereocenters. The van der Waals surface area contributed by atoms with Crippen molar-refractivity contribution in [2.45, 2.75) is 66.0 Å². The van der Waals surface area contributed by atoms with Gasteiger partial charge < -0.3 is 5.32 Å². The van der Waals surface area contributed by atoms with Gasteiger partial charge in [0.05, 0.1) is 0 Å². The van der Waals surface area contributed by atoms with Gasteiger partial charge in [0.1, 0.15) is 0 Å². The van der Waals surface area contributed by atoms with E-state index < -0.39 is 0 Å². The van der Waals surface area contributed by atoms with Gasteiger partial charge in [0.2, 0.25) is 0 Å². The summed E-state index contributed by atoms with van der Waals surface area (Å²) in [6.45, 7) is 11.6. The van der Waals surface area contributed by atoms with E-state index >= 15 is 0 Å². The zero-order valence-electron chi connectivity index (χ0n) is 13.3. The summed E-state index contributed by atoms with van der Waals surface area (Å²) in [5, 5.41) is 3.89. The Hall–Kier alpha value is -0.820. The Morgan fingerprint density at radius 3 is 1.95 bits per heavy atom. The van der Waals surface area contributed by atoms with E-state index in [1.54, 1.807) is 0 Å². The highest BCUT2D eigenvalue weighted by Gasteiger charge is 2.23. The summed E-state index contributed by atoms with van der Waals surface area (Å²) >= 11 is 0. The normalized spacial score (nSPS) is 16.3. The molecule has 1 nitrogen and oxygen atoms in total. The van der Waals surface area contributed by atoms with Gasteiger partial charge in [-0.25, -0.2) is 0 Å². The first-order valence-electron chi connectivity index (χ1n) is 7.94. The number of nitrogens with one attached hydrogen (secondary N) is 1. The molecular weight excluding hydrogens is 230 g/mol. The minimum atomic E-state index is 0.486. The molecule has 1 heteroatoms. The van der Waals surface area contributed by atoms with Crippen LogP contribution in [0.3, 0.4) is 0 Å². The minimum absolute atomic E-state index is 0.486. The maximum atomic E-state index is 3.89. The molecular formula is C18H31N. The Morgan fingerprint density at radius 2 is 1.47 bits per heavy atom. The van der Waals surface area contributed by atoms with Crippen molar-refractivity contribution in [1.29, 1.82) is 0 Å². The second-order valence-corrected chi connectivity index (χ2v) is 5.81. The largest absolute Gasteiger partial charge is 0.307 e. The van der Waals surface area contributed by atoms with Crippen molar-refractivity contribution in [2.75, 3.05) is 0 Å². The van der Waals surface area contributed by atoms with Crippen LogP contribution >= 0.6 is 0 Å². The zero-order chi connectivity index (χ0) is 14.3. The van der Waals surface area contributed by atoms with Crippen molar-refractivity contribution in [1.82, 2.24) is 5.32 Å². The summed E-state index contributed by atoms with van der Waals surface area (Å²) < 4.78 is 0. The molecule has 1 rings (SSSR count). The van der Waals surface area contributed by atoms with Crippen LogP contribution in [0.1, 0.15) is 65.5 Å². The second-order valence-electron chi connectivity index (χ2n) is 5.81. The SMILES string of the molecule is CCC(C)C(C)NC(c1ccccc1)C(CC)CC. The molecule has 1 aromatic carbocycles. The number of hydrogen-bond acceptors (Lipinski definition) is 1. The van der Waals surface area contributed by atoms with Crippen LogP contribution in [0.5, 0.6) is 0 Å². The predicted molar refractivity (Wildman–Crippen MR) is 85.3 cm³/mol. The van der Waals surface area contributed by atoms with Gasteiger partial charge in [-0.2, -0.15) is 0 Å². The summed E-state index contributed by atoms with van der Waals surface area (Å²) in [5.74, 6) is 1.44. The van der Waals surface area contributed by atoms with E-state index in [9.17, 15) is 0 Å². The van der Waals surface area contributed by atoms with Crippen molar-refractivity contribution in [3.8, 4) is 0 Å². The first kappa shape index (κ1) is 16.2. The first-order chi connectivity index (χ1) is 9.13. The third-order valence-corrected chi connectivity index (χ3v) is 4.62. The van der Waals surface area contributed by atoms with Crippen LogP contribution in [0.2, 0.25) is 0 Å². The fourth-order valence-electron chi connectivity index (χ4n) is 2.73. The highest BCUT2D eigenvalue weighted by Crippen LogP contribution is 2.28. The highest BCUT2D eigenvalue weighted by molar-refractivity contribution is 5.20. The Kier molecular flexibility index (Phi) is 7.15. The molecule has 19 heavy (non-hydrogen) atoms. The summed E-state index contributed by atoms with van der Waals surface area (Å²) in [5.41, 5.74) is 1.44. The Bertz CT molecular complexity index is 329. The number of rotatable bonds is 8. The molecule has 0 aliphatic rings. The molecule has 0 spiro atoms. The Balaban J connectivity index is 2.87. The van der Waals surface area contributed by atoms with Crippen molar-refractivity contribution in [3.05, 3.63) is 35.9 Å². The van der Waals surface area contributed by atoms with Crippen molar-refractivity contribution >= 4 is 0 Å². The van der Waals surface area contributed by atoms with Gasteiger partial charge in [-0.3, -0.25) is 0 Å². The molecule has 0 fully saturated rings. The van der Waals surface area contributed by atoms with E-state index in [4.69, 9.17) is 0 Å². The molecule has 1 aromatic rings. The lowest BCUT2D eigenvalue weighted by Crippen LogP contribution is -2.38. The maximum Gasteiger partial charge on any atom is 0.0350 e. The van der Waals surface area contributed by atoms with Gasteiger partial charge in [-0.1, -0.05) is 77.3 Å². The van der Waals surface area contributed by atoms with Gasteiger partial charge in [0.15, 0.2) is 0 Å². The molecule has 0 saturated heterocycles. The van der Waals surface area contributed by atoms with Crippen molar-refractivity contribution in [3.63, 3.8) is 0 Å². The second kappa shape index (κ2) is 8.37. The van der Waals surface area contributed by atoms with Crippen LogP contribution in [0.15, 0.2) is 30.3 Å². The van der Waals surface area contributed by atoms with Crippen molar-refractivity contribution < 1.29 is 0 Å². The van der Waals surface area contributed by atoms with E-state index in [-0.39, 0.29) is 0 Å². The predicted octanol–water partition coefficient (Wildman–Crippen LogP) is 5.19. The van der Waals surface area contributed by atoms with Crippen LogP contribution < -0.4 is 5.32 Å². The van der Waals surface area contributed by atoms with Gasteiger partial charge in [0, 0.05) is 12.1 Å². The lowest BCUT2D eigenvalue weighted by Gasteiger charge is -2.32. The summed E-state index contributed by atoms with van der Waals surface area (Å²) in [6, 6.07) is 12.0. The summed E-state index contributed by atoms with van der Waals surface area (Å²) in [7, 11) is 0. The number of hydrogen-bond donors (Lipinski definition) is 1. The average molecular weight is 261 g/mol. The maximum absolute atomic E-state index is 3.89. The van der Waals surface area contributed by atoms with Crippen molar-refractivity contribution in [2.24, 2.45) is 11.8 Å². The van der Waals surface area contributed by atoms with Crippen LogP contribution in [-0.4, -0.2) is 6.04 Å². The van der Waals surface area contributed by atoms with E-state index in [0.29, 0.717) is 18.0 Å². The fourth-order valence-corrected chi connectivity index (χ4v) is 2.73. The molecule has 0 saturated carbocycles. The van der Waals surface area contributed by atoms with E-state index in [1.807, 2.05) is 0 Å². The first-order valence-corrected chi connectivity index (χ1v) is 7.94. The standard InChI is InChI=1S/C18H31N/c1-6-14(4)15(5)19-18(16(7-2)8-3)17-12-10-9-11-13-17/h9-16,18-19H,6-8H2,1-5H3. The summed E-state index contributed by atoms with van der Waals surface area (Å²) in [4.78, 5) is 0. The smallest absolute Gasteiger partial charge is 0.0350 e. The monoisotopic (exact) mass is 261 g/mol. The van der Waals surface area contributed by atoms with Gasteiger partial charge in [0.25, 0.3) is 0 Å². The van der Waals surface area contributed by atoms with E-state index in [0.717, 1.165) is 5.92 Å². The third-order valence-electron chi connectivity index (χ3n) is 4.62. The Morgan fingerprint density at radius 1 is 0.895 bits per heavy atom. The van der Waals surface area contributed by atoms with E-state index in [1.165, 1.54) is 24.8 Å². The molecule has 0 aromatic heterocycles. The molecule has 3 unspecified atom stereocenters. The quantitative estimate of drug-likeness (QED) is 0.679. The van der Waals surface area contributed by atoms with Crippen LogP contribution in [0, 0.1) is 11.8 Å². The lowest BCUT2D eigenvalue weighted by atomic mass is 9.87. The molecule has 0 amide bonds. The zero-order valence-corrected chi connectivity index (χ0v) is 13.3. The molecule has 0 heterocycles. The average Bonchev–Trinajstić information content (AvgIpc) is 2.47. The molecule has 0 aliphatic heterocycles. The van der Waals surface area contributed by atoms with E-state index in [2.05, 4.69) is 70.3 Å². The van der Waals surface area contributed by atoms with Crippen LogP contribution in [0.4, 0.5) is 0 Å². The topological polar surface area (TPSA) is 12.0 Å². The molecule has 0 aliphatic carbocycles. The molecule has 108 valence electrons. The number of benzene rings is 1. The molecule has 0 radical (unpaired) electrons. The molecule has 1 N–H and O–H groups in total.